The van der Waals surface area contributed by atoms with Crippen LogP contribution in [0.1, 0.15) is 11.6 Å². The normalized spacial score (nSPS) is 20.2. The maximum absolute atomic E-state index is 13.5. The summed E-state index contributed by atoms with van der Waals surface area (Å²) < 4.78 is 41.7. The number of hydrogen-bond donors (Lipinski definition) is 1. The Morgan fingerprint density at radius 2 is 2.23 bits per heavy atom. The van der Waals surface area contributed by atoms with Crippen LogP contribution in [-0.2, 0) is 17.1 Å². The van der Waals surface area contributed by atoms with Crippen LogP contribution in [0.25, 0.3) is 0 Å². The lowest BCUT2D eigenvalue weighted by Gasteiger charge is -2.35. The van der Waals surface area contributed by atoms with E-state index in [1.54, 1.807) is 12.1 Å². The molecule has 1 aromatic carbocycles. The number of aromatic nitrogens is 3. The predicted octanol–water partition coefficient (Wildman–Crippen LogP) is 0.289. The quantitative estimate of drug-likeness (QED) is 0.877. The largest absolute Gasteiger partial charge is 0.313 e. The number of hydrogen-bond acceptors (Lipinski definition) is 5. The number of nitrogens with zero attached hydrogens (tertiary/aromatic N) is 4. The molecule has 2 aromatic rings. The van der Waals surface area contributed by atoms with Gasteiger partial charge >= 0.3 is 0 Å². The van der Waals surface area contributed by atoms with Gasteiger partial charge in [0.1, 0.15) is 5.82 Å². The molecule has 0 amide bonds. The second kappa shape index (κ2) is 5.75. The first-order valence-electron chi connectivity index (χ1n) is 6.83. The molecule has 3 rings (SSSR count). The van der Waals surface area contributed by atoms with Crippen LogP contribution in [0.2, 0.25) is 0 Å². The predicted molar refractivity (Wildman–Crippen MR) is 76.9 cm³/mol. The fraction of sp³-hybridized carbons (Fsp3) is 0.385. The molecule has 22 heavy (non-hydrogen) atoms. The molecule has 118 valence electrons. The molecule has 2 heterocycles. The lowest BCUT2D eigenvalue weighted by atomic mass is 10.1. The maximum atomic E-state index is 13.5. The molecular weight excluding hydrogens is 309 g/mol. The number of nitrogens with one attached hydrogen (secondary N) is 1. The molecule has 1 aliphatic rings. The monoisotopic (exact) mass is 325 g/mol. The Morgan fingerprint density at radius 1 is 1.41 bits per heavy atom. The van der Waals surface area contributed by atoms with Gasteiger partial charge in [-0.3, -0.25) is 0 Å². The Bertz CT molecular complexity index is 776. The molecule has 1 fully saturated rings. The van der Waals surface area contributed by atoms with Crippen molar-refractivity contribution in [2.45, 2.75) is 11.1 Å². The standard InChI is InChI=1S/C13H16FN5O2S/c1-18-13(9-16-17-18)22(20,21)19-6-5-15-8-12(19)10-3-2-4-11(14)7-10/h2-4,7,9,12,15H,5-6,8H2,1H3. The summed E-state index contributed by atoms with van der Waals surface area (Å²) in [5.41, 5.74) is 0.617. The van der Waals surface area contributed by atoms with Crippen molar-refractivity contribution in [3.05, 3.63) is 41.8 Å². The van der Waals surface area contributed by atoms with Crippen molar-refractivity contribution in [1.29, 1.82) is 0 Å². The van der Waals surface area contributed by atoms with Crippen molar-refractivity contribution in [3.63, 3.8) is 0 Å². The number of sulfonamides is 1. The van der Waals surface area contributed by atoms with Crippen molar-refractivity contribution in [2.24, 2.45) is 7.05 Å². The summed E-state index contributed by atoms with van der Waals surface area (Å²) in [6, 6.07) is 5.54. The molecule has 9 heteroatoms. The highest BCUT2D eigenvalue weighted by Gasteiger charge is 2.36. The summed E-state index contributed by atoms with van der Waals surface area (Å²) in [5.74, 6) is -0.386. The third kappa shape index (κ3) is 2.62. The molecule has 1 aliphatic heterocycles. The lowest BCUT2D eigenvalue weighted by Crippen LogP contribution is -2.48. The summed E-state index contributed by atoms with van der Waals surface area (Å²) in [6.07, 6.45) is 1.22. The van der Waals surface area contributed by atoms with Gasteiger partial charge in [0.25, 0.3) is 10.0 Å². The number of rotatable bonds is 3. The molecule has 1 N–H and O–H groups in total. The molecule has 1 unspecified atom stereocenters. The van der Waals surface area contributed by atoms with Gasteiger partial charge in [-0.15, -0.1) is 5.10 Å². The van der Waals surface area contributed by atoms with Crippen molar-refractivity contribution < 1.29 is 12.8 Å². The van der Waals surface area contributed by atoms with Gasteiger partial charge in [-0.05, 0) is 17.7 Å². The van der Waals surface area contributed by atoms with Crippen molar-refractivity contribution >= 4 is 10.0 Å². The Kier molecular flexibility index (Phi) is 3.94. The first-order chi connectivity index (χ1) is 10.5. The average molecular weight is 325 g/mol. The topological polar surface area (TPSA) is 80.1 Å². The van der Waals surface area contributed by atoms with E-state index in [4.69, 9.17) is 0 Å². The molecule has 1 saturated heterocycles. The van der Waals surface area contributed by atoms with Gasteiger partial charge in [0.05, 0.1) is 12.2 Å². The van der Waals surface area contributed by atoms with E-state index in [2.05, 4.69) is 15.6 Å². The highest BCUT2D eigenvalue weighted by atomic mass is 32.2. The van der Waals surface area contributed by atoms with Crippen LogP contribution < -0.4 is 5.32 Å². The lowest BCUT2D eigenvalue weighted by molar-refractivity contribution is 0.269. The van der Waals surface area contributed by atoms with Crippen LogP contribution in [0.15, 0.2) is 35.5 Å². The van der Waals surface area contributed by atoms with E-state index >= 15 is 0 Å². The molecular formula is C13H16FN5O2S. The molecule has 7 nitrogen and oxygen atoms in total. The molecule has 0 radical (unpaired) electrons. The van der Waals surface area contributed by atoms with E-state index < -0.39 is 16.1 Å². The van der Waals surface area contributed by atoms with E-state index in [0.717, 1.165) is 0 Å². The zero-order valence-electron chi connectivity index (χ0n) is 12.0. The van der Waals surface area contributed by atoms with E-state index in [9.17, 15) is 12.8 Å². The molecule has 1 atom stereocenters. The van der Waals surface area contributed by atoms with Crippen molar-refractivity contribution in [2.75, 3.05) is 19.6 Å². The van der Waals surface area contributed by atoms with Gasteiger partial charge in [-0.2, -0.15) is 4.31 Å². The SMILES string of the molecule is Cn1nncc1S(=O)(=O)N1CCNCC1c1cccc(F)c1. The van der Waals surface area contributed by atoms with E-state index in [0.29, 0.717) is 25.2 Å². The highest BCUT2D eigenvalue weighted by molar-refractivity contribution is 7.89. The number of benzene rings is 1. The number of piperazine rings is 1. The average Bonchev–Trinajstić information content (AvgIpc) is 2.94. The second-order valence-corrected chi connectivity index (χ2v) is 6.92. The Labute approximate surface area is 127 Å². The smallest absolute Gasteiger partial charge is 0.262 e. The second-order valence-electron chi connectivity index (χ2n) is 5.09. The zero-order valence-corrected chi connectivity index (χ0v) is 12.8. The van der Waals surface area contributed by atoms with Gasteiger partial charge in [-0.1, -0.05) is 17.3 Å². The van der Waals surface area contributed by atoms with Crippen LogP contribution in [0.4, 0.5) is 4.39 Å². The minimum absolute atomic E-state index is 0.0239. The zero-order chi connectivity index (χ0) is 15.7. The minimum atomic E-state index is -3.75. The third-order valence-electron chi connectivity index (χ3n) is 3.67. The van der Waals surface area contributed by atoms with Crippen LogP contribution in [0.5, 0.6) is 0 Å². The fourth-order valence-corrected chi connectivity index (χ4v) is 4.26. The first kappa shape index (κ1) is 15.1. The minimum Gasteiger partial charge on any atom is -0.313 e. The number of halogens is 1. The van der Waals surface area contributed by atoms with Crippen molar-refractivity contribution in [1.82, 2.24) is 24.6 Å². The Morgan fingerprint density at radius 3 is 2.91 bits per heavy atom. The van der Waals surface area contributed by atoms with Gasteiger partial charge < -0.3 is 5.32 Å². The molecule has 0 saturated carbocycles. The van der Waals surface area contributed by atoms with Crippen LogP contribution in [0, 0.1) is 5.82 Å². The number of aryl methyl sites for hydroxylation is 1. The van der Waals surface area contributed by atoms with Crippen LogP contribution in [0.3, 0.4) is 0 Å². The molecule has 0 bridgehead atoms. The third-order valence-corrected chi connectivity index (χ3v) is 5.63. The Balaban J connectivity index is 2.02. The summed E-state index contributed by atoms with van der Waals surface area (Å²) >= 11 is 0. The van der Waals surface area contributed by atoms with E-state index in [1.165, 1.54) is 34.4 Å². The van der Waals surface area contributed by atoms with Crippen molar-refractivity contribution in [3.8, 4) is 0 Å². The molecule has 0 spiro atoms. The van der Waals surface area contributed by atoms with E-state index in [1.807, 2.05) is 0 Å². The Hall–Kier alpha value is -1.84. The summed E-state index contributed by atoms with van der Waals surface area (Å²) in [4.78, 5) is 0. The van der Waals surface area contributed by atoms with Gasteiger partial charge in [0.2, 0.25) is 0 Å². The summed E-state index contributed by atoms with van der Waals surface area (Å²) in [6.45, 7) is 1.26. The summed E-state index contributed by atoms with van der Waals surface area (Å²) in [5, 5.41) is 10.5. The van der Waals surface area contributed by atoms with Crippen LogP contribution in [-0.4, -0.2) is 47.4 Å². The molecule has 1 aromatic heterocycles. The maximum Gasteiger partial charge on any atom is 0.262 e. The fourth-order valence-electron chi connectivity index (χ4n) is 2.61. The summed E-state index contributed by atoms with van der Waals surface area (Å²) in [7, 11) is -2.22. The highest BCUT2D eigenvalue weighted by Crippen LogP contribution is 2.28. The van der Waals surface area contributed by atoms with Gasteiger partial charge in [0.15, 0.2) is 5.03 Å². The van der Waals surface area contributed by atoms with Crippen LogP contribution >= 0.6 is 0 Å². The molecule has 0 aliphatic carbocycles. The first-order valence-corrected chi connectivity index (χ1v) is 8.27. The van der Waals surface area contributed by atoms with Gasteiger partial charge in [0, 0.05) is 26.7 Å². The van der Waals surface area contributed by atoms with Gasteiger partial charge in [-0.25, -0.2) is 17.5 Å². The van der Waals surface area contributed by atoms with E-state index in [-0.39, 0.29) is 10.8 Å².